The first kappa shape index (κ1) is 31.7. The summed E-state index contributed by atoms with van der Waals surface area (Å²) in [6.45, 7) is 3.94. The lowest BCUT2D eigenvalue weighted by molar-refractivity contribution is -0.140. The maximum Gasteiger partial charge on any atom is 0.475 e. The molecule has 2 aliphatic rings. The first-order valence-corrected chi connectivity index (χ1v) is 16.0. The molecular formula is C35H44BN3O5. The van der Waals surface area contributed by atoms with Crippen molar-refractivity contribution in [3.05, 3.63) is 83.9 Å². The molecule has 0 radical (unpaired) electrons. The molecule has 5 rings (SSSR count). The van der Waals surface area contributed by atoms with Gasteiger partial charge in [0.05, 0.1) is 5.94 Å². The predicted molar refractivity (Wildman–Crippen MR) is 173 cm³/mol. The van der Waals surface area contributed by atoms with Crippen LogP contribution in [0.3, 0.4) is 0 Å². The minimum Gasteiger partial charge on any atom is -0.426 e. The summed E-state index contributed by atoms with van der Waals surface area (Å²) in [5, 5.41) is 27.7. The van der Waals surface area contributed by atoms with Gasteiger partial charge in [-0.1, -0.05) is 107 Å². The van der Waals surface area contributed by atoms with Crippen molar-refractivity contribution in [2.75, 3.05) is 6.54 Å². The summed E-state index contributed by atoms with van der Waals surface area (Å²) in [6.07, 6.45) is 6.34. The Morgan fingerprint density at radius 2 is 1.57 bits per heavy atom. The van der Waals surface area contributed by atoms with E-state index in [4.69, 9.17) is 0 Å². The van der Waals surface area contributed by atoms with Crippen molar-refractivity contribution in [2.45, 2.75) is 82.7 Å². The van der Waals surface area contributed by atoms with Crippen molar-refractivity contribution >= 4 is 35.6 Å². The molecule has 0 bridgehead atoms. The molecular weight excluding hydrogens is 553 g/mol. The number of fused-ring (bicyclic) bond motifs is 1. The number of carbonyl (C=O) groups is 3. The zero-order valence-electron chi connectivity index (χ0n) is 25.7. The van der Waals surface area contributed by atoms with E-state index in [1.54, 1.807) is 24.8 Å². The van der Waals surface area contributed by atoms with Crippen LogP contribution in [0, 0.1) is 11.8 Å². The van der Waals surface area contributed by atoms with E-state index in [0.717, 1.165) is 42.0 Å². The Morgan fingerprint density at radius 1 is 0.886 bits per heavy atom. The molecule has 3 aromatic rings. The van der Waals surface area contributed by atoms with Crippen LogP contribution < -0.4 is 10.6 Å². The second-order valence-corrected chi connectivity index (χ2v) is 12.9. The quantitative estimate of drug-likeness (QED) is 0.258. The normalized spacial score (nSPS) is 20.3. The molecule has 4 N–H and O–H groups in total. The zero-order chi connectivity index (χ0) is 31.2. The summed E-state index contributed by atoms with van der Waals surface area (Å²) in [6, 6.07) is 21.6. The lowest BCUT2D eigenvalue weighted by Gasteiger charge is -2.32. The van der Waals surface area contributed by atoms with Crippen LogP contribution in [0.1, 0.15) is 80.6 Å². The number of rotatable bonds is 10. The molecule has 1 aliphatic carbocycles. The molecule has 0 aromatic heterocycles. The lowest BCUT2D eigenvalue weighted by Crippen LogP contribution is -2.57. The Kier molecular flexibility index (Phi) is 10.4. The lowest BCUT2D eigenvalue weighted by atomic mass is 9.73. The summed E-state index contributed by atoms with van der Waals surface area (Å²) in [5.41, 5.74) is 1.52. The highest BCUT2D eigenvalue weighted by molar-refractivity contribution is 6.43. The van der Waals surface area contributed by atoms with Crippen molar-refractivity contribution in [2.24, 2.45) is 11.8 Å². The highest BCUT2D eigenvalue weighted by Crippen LogP contribution is 2.34. The monoisotopic (exact) mass is 597 g/mol. The molecule has 8 nitrogen and oxygen atoms in total. The van der Waals surface area contributed by atoms with Crippen LogP contribution in [0.25, 0.3) is 10.8 Å². The van der Waals surface area contributed by atoms with E-state index in [-0.39, 0.29) is 23.7 Å². The van der Waals surface area contributed by atoms with Crippen LogP contribution in [-0.2, 0) is 9.59 Å². The number of amides is 3. The topological polar surface area (TPSA) is 119 Å². The number of hydrogen-bond donors (Lipinski definition) is 4. The molecule has 0 spiro atoms. The van der Waals surface area contributed by atoms with E-state index >= 15 is 0 Å². The summed E-state index contributed by atoms with van der Waals surface area (Å²) in [7, 11) is -1.73. The van der Waals surface area contributed by atoms with Gasteiger partial charge in [-0.05, 0) is 53.1 Å². The van der Waals surface area contributed by atoms with E-state index in [0.29, 0.717) is 30.9 Å². The van der Waals surface area contributed by atoms with E-state index in [2.05, 4.69) is 10.6 Å². The van der Waals surface area contributed by atoms with Crippen molar-refractivity contribution < 1.29 is 24.4 Å². The zero-order valence-corrected chi connectivity index (χ0v) is 25.7. The number of carbonyl (C=O) groups excluding carboxylic acids is 3. The minimum atomic E-state index is -1.73. The fraction of sp³-hybridized carbons (Fsp3) is 0.457. The van der Waals surface area contributed by atoms with Gasteiger partial charge in [-0.2, -0.15) is 0 Å². The van der Waals surface area contributed by atoms with Gasteiger partial charge >= 0.3 is 7.12 Å². The summed E-state index contributed by atoms with van der Waals surface area (Å²) in [4.78, 5) is 43.5. The largest absolute Gasteiger partial charge is 0.475 e. The van der Waals surface area contributed by atoms with Crippen LogP contribution in [0.4, 0.5) is 0 Å². The molecule has 3 amide bonds. The Morgan fingerprint density at radius 3 is 2.25 bits per heavy atom. The van der Waals surface area contributed by atoms with Gasteiger partial charge in [-0.25, -0.2) is 0 Å². The fourth-order valence-corrected chi connectivity index (χ4v) is 6.89. The van der Waals surface area contributed by atoms with Gasteiger partial charge in [0.25, 0.3) is 5.91 Å². The average Bonchev–Trinajstić information content (AvgIpc) is 3.49. The second kappa shape index (κ2) is 14.4. The highest BCUT2D eigenvalue weighted by atomic mass is 16.4. The smallest absolute Gasteiger partial charge is 0.426 e. The molecule has 2 fully saturated rings. The van der Waals surface area contributed by atoms with Gasteiger partial charge in [0, 0.05) is 18.0 Å². The number of hydrogen-bond acceptors (Lipinski definition) is 5. The number of likely N-dealkylation sites (tertiary alicyclic amines) is 1. The SMILES string of the molecule is CC(C)C(NC(=O)[C@H]1CC(c2ccccc2)CN1C(=O)[C@@H](CC1CCCCC1)NC(=O)c1ccc2ccccc2c1)B(O)O. The van der Waals surface area contributed by atoms with Gasteiger partial charge in [0.1, 0.15) is 12.1 Å². The van der Waals surface area contributed by atoms with Gasteiger partial charge < -0.3 is 25.6 Å². The van der Waals surface area contributed by atoms with Crippen LogP contribution >= 0.6 is 0 Å². The molecule has 1 heterocycles. The maximum absolute atomic E-state index is 14.5. The molecule has 1 saturated carbocycles. The Labute approximate surface area is 260 Å². The van der Waals surface area contributed by atoms with Crippen LogP contribution in [-0.4, -0.2) is 64.4 Å². The van der Waals surface area contributed by atoms with E-state index < -0.39 is 31.1 Å². The average molecular weight is 598 g/mol. The van der Waals surface area contributed by atoms with E-state index in [1.807, 2.05) is 66.7 Å². The van der Waals surface area contributed by atoms with Gasteiger partial charge in [-0.3, -0.25) is 14.4 Å². The maximum atomic E-state index is 14.5. The standard InChI is InChI=1S/C35H44BN3O5/c1-23(2)32(36(43)44)38-34(41)31-21-29(25-13-7-4-8-14-25)22-39(31)35(42)30(19-24-11-5-3-6-12-24)37-33(40)28-18-17-26-15-9-10-16-27(26)20-28/h4,7-10,13-18,20,23-24,29-32,43-44H,3,5-6,11-12,19,21-22H2,1-2H3,(H,37,40)(H,38,41)/t29?,30-,31-,32?/m1/s1. The van der Waals surface area contributed by atoms with Crippen molar-refractivity contribution in [1.82, 2.24) is 15.5 Å². The molecule has 9 heteroatoms. The molecule has 44 heavy (non-hydrogen) atoms. The Bertz CT molecular complexity index is 1430. The molecule has 2 unspecified atom stereocenters. The van der Waals surface area contributed by atoms with Crippen molar-refractivity contribution in [3.8, 4) is 0 Å². The first-order valence-electron chi connectivity index (χ1n) is 16.0. The van der Waals surface area contributed by atoms with Gasteiger partial charge in [0.2, 0.25) is 11.8 Å². The number of benzene rings is 3. The van der Waals surface area contributed by atoms with Crippen molar-refractivity contribution in [1.29, 1.82) is 0 Å². The van der Waals surface area contributed by atoms with Crippen LogP contribution in [0.15, 0.2) is 72.8 Å². The molecule has 1 saturated heterocycles. The second-order valence-electron chi connectivity index (χ2n) is 12.9. The minimum absolute atomic E-state index is 0.0704. The number of nitrogens with zero attached hydrogens (tertiary/aromatic N) is 1. The Balaban J connectivity index is 1.42. The molecule has 232 valence electrons. The molecule has 4 atom stereocenters. The van der Waals surface area contributed by atoms with Gasteiger partial charge in [-0.15, -0.1) is 0 Å². The van der Waals surface area contributed by atoms with Crippen LogP contribution in [0.2, 0.25) is 0 Å². The third kappa shape index (κ3) is 7.50. The van der Waals surface area contributed by atoms with E-state index in [9.17, 15) is 24.4 Å². The number of nitrogens with one attached hydrogen (secondary N) is 2. The Hall–Kier alpha value is -3.69. The molecule has 3 aromatic carbocycles. The van der Waals surface area contributed by atoms with Crippen LogP contribution in [0.5, 0.6) is 0 Å². The first-order chi connectivity index (χ1) is 21.2. The summed E-state index contributed by atoms with van der Waals surface area (Å²) >= 11 is 0. The van der Waals surface area contributed by atoms with Gasteiger partial charge in [0.15, 0.2) is 0 Å². The summed E-state index contributed by atoms with van der Waals surface area (Å²) in [5.74, 6) is -1.86. The fourth-order valence-electron chi connectivity index (χ4n) is 6.89. The van der Waals surface area contributed by atoms with E-state index in [1.165, 1.54) is 6.42 Å². The third-order valence-corrected chi connectivity index (χ3v) is 9.42. The third-order valence-electron chi connectivity index (χ3n) is 9.42. The summed E-state index contributed by atoms with van der Waals surface area (Å²) < 4.78 is 0. The highest BCUT2D eigenvalue weighted by Gasteiger charge is 2.44. The van der Waals surface area contributed by atoms with Crippen molar-refractivity contribution in [3.63, 3.8) is 0 Å². The predicted octanol–water partition coefficient (Wildman–Crippen LogP) is 4.45. The molecule has 1 aliphatic heterocycles.